The maximum absolute atomic E-state index is 14.7. The van der Waals surface area contributed by atoms with E-state index in [0.29, 0.717) is 36.0 Å². The maximum atomic E-state index is 14.7. The van der Waals surface area contributed by atoms with E-state index in [9.17, 15) is 14.3 Å². The number of rotatable bonds is 5. The highest BCUT2D eigenvalue weighted by molar-refractivity contribution is 6.00. The minimum atomic E-state index is -1.11. The van der Waals surface area contributed by atoms with Crippen LogP contribution < -0.4 is 10.6 Å². The van der Waals surface area contributed by atoms with Gasteiger partial charge in [0.1, 0.15) is 23.4 Å². The molecule has 0 aromatic carbocycles. The number of anilines is 1. The van der Waals surface area contributed by atoms with Gasteiger partial charge in [-0.25, -0.2) is 14.4 Å². The molecule has 4 atom stereocenters. The van der Waals surface area contributed by atoms with Crippen molar-refractivity contribution in [2.45, 2.75) is 30.8 Å². The number of hydrogen-bond acceptors (Lipinski definition) is 8. The van der Waals surface area contributed by atoms with Crippen LogP contribution >= 0.6 is 0 Å². The van der Waals surface area contributed by atoms with E-state index < -0.39 is 24.2 Å². The summed E-state index contributed by atoms with van der Waals surface area (Å²) in [6, 6.07) is 4.78. The molecule has 1 unspecified atom stereocenters. The van der Waals surface area contributed by atoms with Crippen LogP contribution in [0.25, 0.3) is 28.3 Å². The van der Waals surface area contributed by atoms with Gasteiger partial charge in [0.05, 0.1) is 49.9 Å². The van der Waals surface area contributed by atoms with E-state index >= 15 is 0 Å². The molecule has 2 aromatic heterocycles. The van der Waals surface area contributed by atoms with Gasteiger partial charge in [0.15, 0.2) is 5.65 Å². The van der Waals surface area contributed by atoms with Crippen molar-refractivity contribution in [1.82, 2.24) is 29.5 Å². The Labute approximate surface area is 205 Å². The summed E-state index contributed by atoms with van der Waals surface area (Å²) in [4.78, 5) is 22.4. The summed E-state index contributed by atoms with van der Waals surface area (Å²) >= 11 is 0. The summed E-state index contributed by atoms with van der Waals surface area (Å²) < 4.78 is 28.6. The fourth-order valence-corrected chi connectivity index (χ4v) is 4.90. The van der Waals surface area contributed by atoms with Gasteiger partial charge >= 0.3 is 0 Å². The molecule has 3 N–H and O–H groups in total. The van der Waals surface area contributed by atoms with Crippen molar-refractivity contribution >= 4 is 17.4 Å². The maximum Gasteiger partial charge on any atom is 0.257 e. The first-order valence-electron chi connectivity index (χ1n) is 11.9. The normalized spacial score (nSPS) is 24.4. The van der Waals surface area contributed by atoms with E-state index in [4.69, 9.17) is 14.5 Å². The summed E-state index contributed by atoms with van der Waals surface area (Å²) in [6.07, 6.45) is 3.70. The van der Waals surface area contributed by atoms with Crippen LogP contribution in [0.5, 0.6) is 0 Å². The smallest absolute Gasteiger partial charge is 0.257 e. The predicted molar refractivity (Wildman–Crippen MR) is 128 cm³/mol. The average Bonchev–Trinajstić information content (AvgIpc) is 3.62. The van der Waals surface area contributed by atoms with Crippen molar-refractivity contribution in [2.24, 2.45) is 0 Å². The highest BCUT2D eigenvalue weighted by atomic mass is 19.1. The van der Waals surface area contributed by atoms with E-state index in [1.165, 1.54) is 6.20 Å². The molecular weight excluding hydrogens is 469 g/mol. The van der Waals surface area contributed by atoms with Crippen LogP contribution in [0.1, 0.15) is 22.8 Å². The molecule has 0 aliphatic carbocycles. The standard InChI is InChI=1S/C24H26FN7O4/c1-26-21-7-17(29-23-15(9-28-32(21)23)24(34)30-18-11-36-12-20(18)33)14-8-27-22-13(14)3-2-5-31(22)19-4-6-35-10-16(19)25/h2-3,5,7-9,16,18-20,26,33H,4,6,10-12H2,1H3,(H,30,34)/t16-,18?,19+,20-/m0/s1. The number of pyridine rings is 1. The Hall–Kier alpha value is -3.61. The highest BCUT2D eigenvalue weighted by Gasteiger charge is 2.31. The number of ether oxygens (including phenoxy) is 2. The number of aliphatic hydroxyl groups is 1. The molecule has 4 aliphatic heterocycles. The average molecular weight is 496 g/mol. The van der Waals surface area contributed by atoms with Crippen LogP contribution in [-0.4, -0.2) is 87.0 Å². The van der Waals surface area contributed by atoms with Crippen molar-refractivity contribution in [3.63, 3.8) is 0 Å². The number of nitrogens with zero attached hydrogens (tertiary/aromatic N) is 5. The molecule has 0 bridgehead atoms. The van der Waals surface area contributed by atoms with Crippen molar-refractivity contribution in [1.29, 1.82) is 0 Å². The zero-order valence-corrected chi connectivity index (χ0v) is 19.6. The summed E-state index contributed by atoms with van der Waals surface area (Å²) in [5.74, 6) is 0.893. The van der Waals surface area contributed by atoms with Crippen LogP contribution in [-0.2, 0) is 9.47 Å². The summed E-state index contributed by atoms with van der Waals surface area (Å²) in [5.41, 5.74) is 2.80. The number of alkyl halides is 1. The number of aliphatic hydroxyl groups excluding tert-OH is 1. The zero-order valence-electron chi connectivity index (χ0n) is 19.6. The van der Waals surface area contributed by atoms with Crippen molar-refractivity contribution in [3.05, 3.63) is 42.4 Å². The van der Waals surface area contributed by atoms with E-state index in [1.807, 2.05) is 29.0 Å². The van der Waals surface area contributed by atoms with E-state index in [2.05, 4.69) is 20.7 Å². The fourth-order valence-electron chi connectivity index (χ4n) is 4.90. The number of aromatic nitrogens is 5. The number of hydrogen-bond donors (Lipinski definition) is 3. The largest absolute Gasteiger partial charge is 0.388 e. The van der Waals surface area contributed by atoms with Crippen LogP contribution in [0.4, 0.5) is 10.2 Å². The summed E-state index contributed by atoms with van der Waals surface area (Å²) in [6.45, 7) is 0.994. The summed E-state index contributed by atoms with van der Waals surface area (Å²) in [7, 11) is 1.76. The third-order valence-electron chi connectivity index (χ3n) is 6.83. The lowest BCUT2D eigenvalue weighted by molar-refractivity contribution is 0.00346. The Morgan fingerprint density at radius 1 is 1.22 bits per heavy atom. The van der Waals surface area contributed by atoms with E-state index in [0.717, 1.165) is 11.1 Å². The first-order valence-corrected chi connectivity index (χ1v) is 11.9. The lowest BCUT2D eigenvalue weighted by Gasteiger charge is -2.29. The van der Waals surface area contributed by atoms with Crippen molar-refractivity contribution < 1.29 is 23.8 Å². The van der Waals surface area contributed by atoms with Gasteiger partial charge in [0.2, 0.25) is 0 Å². The van der Waals surface area contributed by atoms with Crippen molar-refractivity contribution in [3.8, 4) is 22.6 Å². The third-order valence-corrected chi connectivity index (χ3v) is 6.83. The van der Waals surface area contributed by atoms with Gasteiger partial charge in [-0.2, -0.15) is 9.61 Å². The van der Waals surface area contributed by atoms with Crippen molar-refractivity contribution in [2.75, 3.05) is 38.8 Å². The molecule has 36 heavy (non-hydrogen) atoms. The third kappa shape index (κ3) is 3.77. The Balaban J connectivity index is 1.39. The molecule has 6 rings (SSSR count). The number of carbonyl (C=O) groups excluding carboxylic acids is 1. The molecule has 11 nitrogen and oxygen atoms in total. The minimum Gasteiger partial charge on any atom is -0.388 e. The number of halogens is 1. The monoisotopic (exact) mass is 495 g/mol. The Bertz CT molecular complexity index is 1390. The molecule has 2 fully saturated rings. The number of carbonyl (C=O) groups is 1. The van der Waals surface area contributed by atoms with Crippen LogP contribution in [0.2, 0.25) is 0 Å². The SMILES string of the molecule is CNc1cc(-c2cnc3n([C@@H]4CCOC[C@@H]4F)cccc2-3)nc2c(C(=O)NC3COC[C@@H]3O)cnn12. The molecule has 188 valence electrons. The van der Waals surface area contributed by atoms with Gasteiger partial charge < -0.3 is 29.8 Å². The second-order valence-electron chi connectivity index (χ2n) is 9.03. The summed E-state index contributed by atoms with van der Waals surface area (Å²) in [5, 5.41) is 20.2. The molecule has 1 amide bonds. The molecule has 0 spiro atoms. The Kier molecular flexibility index (Phi) is 5.78. The van der Waals surface area contributed by atoms with Gasteiger partial charge in [-0.1, -0.05) is 0 Å². The van der Waals surface area contributed by atoms with Gasteiger partial charge in [-0.3, -0.25) is 4.79 Å². The van der Waals surface area contributed by atoms with Crippen LogP contribution in [0.15, 0.2) is 36.8 Å². The van der Waals surface area contributed by atoms with Gasteiger partial charge in [-0.05, 0) is 18.6 Å². The van der Waals surface area contributed by atoms with Gasteiger partial charge in [0.25, 0.3) is 5.91 Å². The lowest BCUT2D eigenvalue weighted by Crippen LogP contribution is -2.42. The Morgan fingerprint density at radius 3 is 2.89 bits per heavy atom. The first-order chi connectivity index (χ1) is 17.5. The minimum absolute atomic E-state index is 0.0709. The second kappa shape index (κ2) is 9.12. The topological polar surface area (TPSA) is 128 Å². The predicted octanol–water partition coefficient (Wildman–Crippen LogP) is 1.53. The zero-order chi connectivity index (χ0) is 24.8. The highest BCUT2D eigenvalue weighted by Crippen LogP contribution is 2.37. The van der Waals surface area contributed by atoms with E-state index in [1.54, 1.807) is 17.8 Å². The number of nitrogens with one attached hydrogen (secondary N) is 2. The second-order valence-corrected chi connectivity index (χ2v) is 9.03. The van der Waals surface area contributed by atoms with E-state index in [-0.39, 0.29) is 31.4 Å². The number of amides is 1. The quantitative estimate of drug-likeness (QED) is 0.380. The molecule has 4 aliphatic rings. The van der Waals surface area contributed by atoms with Gasteiger partial charge in [0, 0.05) is 43.2 Å². The number of fused-ring (bicyclic) bond motifs is 2. The molecule has 0 radical (unpaired) electrons. The lowest BCUT2D eigenvalue weighted by atomic mass is 10.0. The molecule has 2 saturated heterocycles. The molecule has 12 heteroatoms. The molecular formula is C24H26FN7O4. The fraction of sp³-hybridized carbons (Fsp3) is 0.417. The van der Waals surface area contributed by atoms with Gasteiger partial charge in [-0.15, -0.1) is 0 Å². The first kappa shape index (κ1) is 22.8. The molecule has 6 heterocycles. The van der Waals surface area contributed by atoms with Crippen LogP contribution in [0.3, 0.4) is 0 Å². The van der Waals surface area contributed by atoms with Crippen LogP contribution in [0, 0.1) is 0 Å². The Morgan fingerprint density at radius 2 is 2.11 bits per heavy atom. The molecule has 2 aromatic rings. The molecule has 0 saturated carbocycles.